The van der Waals surface area contributed by atoms with Gasteiger partial charge in [0.25, 0.3) is 9.84 Å². The Morgan fingerprint density at radius 3 is 2.38 bits per heavy atom. The fraction of sp³-hybridized carbons (Fsp3) is 0.133. The molecule has 3 rings (SSSR count). The summed E-state index contributed by atoms with van der Waals surface area (Å²) in [6.45, 7) is 0.119. The minimum atomic E-state index is -5.52. The van der Waals surface area contributed by atoms with Gasteiger partial charge in [-0.25, -0.2) is 8.42 Å². The maximum atomic E-state index is 13.0. The van der Waals surface area contributed by atoms with E-state index in [2.05, 4.69) is 5.10 Å². The molecule has 2 N–H and O–H groups in total. The first-order valence-electron chi connectivity index (χ1n) is 6.81. The molecule has 0 aliphatic heterocycles. The number of fused-ring (bicyclic) bond motifs is 1. The zero-order chi connectivity index (χ0) is 17.5. The predicted octanol–water partition coefficient (Wildman–Crippen LogP) is 2.96. The van der Waals surface area contributed by atoms with Crippen LogP contribution in [0.2, 0.25) is 0 Å². The van der Waals surface area contributed by atoms with Gasteiger partial charge in [-0.15, -0.1) is 0 Å². The molecule has 3 aromatic rings. The van der Waals surface area contributed by atoms with E-state index in [9.17, 15) is 21.6 Å². The summed E-state index contributed by atoms with van der Waals surface area (Å²) in [7, 11) is -5.52. The Kier molecular flexibility index (Phi) is 3.75. The van der Waals surface area contributed by atoms with Crippen LogP contribution in [-0.4, -0.2) is 23.7 Å². The van der Waals surface area contributed by atoms with Crippen LogP contribution in [0.5, 0.6) is 0 Å². The second kappa shape index (κ2) is 5.52. The number of halogens is 3. The summed E-state index contributed by atoms with van der Waals surface area (Å²) in [5.41, 5.74) is 1.12. The lowest BCUT2D eigenvalue weighted by Gasteiger charge is -2.12. The lowest BCUT2D eigenvalue weighted by atomic mass is 10.2. The highest BCUT2D eigenvalue weighted by Crippen LogP contribution is 2.36. The van der Waals surface area contributed by atoms with Crippen molar-refractivity contribution in [2.45, 2.75) is 16.9 Å². The van der Waals surface area contributed by atoms with Gasteiger partial charge in [-0.05, 0) is 17.7 Å². The average Bonchev–Trinajstić information content (AvgIpc) is 2.92. The molecule has 24 heavy (non-hydrogen) atoms. The van der Waals surface area contributed by atoms with E-state index in [4.69, 9.17) is 5.73 Å². The van der Waals surface area contributed by atoms with E-state index < -0.39 is 20.2 Å². The predicted molar refractivity (Wildman–Crippen MR) is 82.9 cm³/mol. The van der Waals surface area contributed by atoms with Crippen molar-refractivity contribution in [2.75, 3.05) is 5.73 Å². The summed E-state index contributed by atoms with van der Waals surface area (Å²) in [5.74, 6) is 0. The highest BCUT2D eigenvalue weighted by Gasteiger charge is 2.48. The minimum absolute atomic E-state index is 0.119. The van der Waals surface area contributed by atoms with Crippen molar-refractivity contribution in [3.63, 3.8) is 0 Å². The van der Waals surface area contributed by atoms with Gasteiger partial charge in [-0.3, -0.25) is 4.68 Å². The second-order valence-electron chi connectivity index (χ2n) is 5.15. The summed E-state index contributed by atoms with van der Waals surface area (Å²) >= 11 is 0. The molecule has 0 aliphatic rings. The number of alkyl halides is 3. The van der Waals surface area contributed by atoms with Gasteiger partial charge in [0.05, 0.1) is 18.3 Å². The second-order valence-corrected chi connectivity index (χ2v) is 7.06. The number of rotatable bonds is 3. The van der Waals surface area contributed by atoms with Crippen molar-refractivity contribution in [1.29, 1.82) is 0 Å². The molecule has 0 spiro atoms. The summed E-state index contributed by atoms with van der Waals surface area (Å²) in [5, 5.41) is 4.18. The van der Waals surface area contributed by atoms with Gasteiger partial charge >= 0.3 is 5.51 Å². The highest BCUT2D eigenvalue weighted by atomic mass is 32.2. The van der Waals surface area contributed by atoms with Crippen LogP contribution in [0, 0.1) is 0 Å². The van der Waals surface area contributed by atoms with E-state index in [1.807, 2.05) is 0 Å². The molecule has 126 valence electrons. The van der Waals surface area contributed by atoms with Crippen LogP contribution in [0.25, 0.3) is 10.9 Å². The Morgan fingerprint density at radius 2 is 1.75 bits per heavy atom. The number of nitrogen functional groups attached to an aromatic ring is 1. The Balaban J connectivity index is 2.25. The van der Waals surface area contributed by atoms with Gasteiger partial charge in [0.15, 0.2) is 0 Å². The Hall–Kier alpha value is -2.55. The Morgan fingerprint density at radius 1 is 1.08 bits per heavy atom. The van der Waals surface area contributed by atoms with Crippen molar-refractivity contribution >= 4 is 26.4 Å². The summed E-state index contributed by atoms with van der Waals surface area (Å²) in [4.78, 5) is -0.854. The summed E-state index contributed by atoms with van der Waals surface area (Å²) in [6.07, 6.45) is 1.27. The van der Waals surface area contributed by atoms with Gasteiger partial charge in [0, 0.05) is 11.1 Å². The average molecular weight is 355 g/mol. The molecule has 1 aromatic heterocycles. The van der Waals surface area contributed by atoms with Crippen LogP contribution in [0.15, 0.2) is 53.6 Å². The maximum Gasteiger partial charge on any atom is 0.501 e. The third-order valence-electron chi connectivity index (χ3n) is 3.57. The largest absolute Gasteiger partial charge is 0.501 e. The van der Waals surface area contributed by atoms with Crippen molar-refractivity contribution in [2.24, 2.45) is 0 Å². The van der Waals surface area contributed by atoms with E-state index in [1.54, 1.807) is 30.3 Å². The molecule has 2 aromatic carbocycles. The lowest BCUT2D eigenvalue weighted by Crippen LogP contribution is -2.24. The van der Waals surface area contributed by atoms with Crippen molar-refractivity contribution < 1.29 is 21.6 Å². The molecule has 0 amide bonds. The van der Waals surface area contributed by atoms with Crippen molar-refractivity contribution in [3.8, 4) is 0 Å². The van der Waals surface area contributed by atoms with Gasteiger partial charge in [0.2, 0.25) is 0 Å². The molecule has 0 atom stereocenters. The zero-order valence-electron chi connectivity index (χ0n) is 12.2. The molecule has 0 radical (unpaired) electrons. The topological polar surface area (TPSA) is 78.0 Å². The lowest BCUT2D eigenvalue weighted by molar-refractivity contribution is -0.0435. The van der Waals surface area contributed by atoms with Gasteiger partial charge < -0.3 is 5.73 Å². The highest BCUT2D eigenvalue weighted by molar-refractivity contribution is 7.92. The van der Waals surface area contributed by atoms with Crippen LogP contribution < -0.4 is 5.73 Å². The zero-order valence-corrected chi connectivity index (χ0v) is 13.0. The molecule has 9 heteroatoms. The molecule has 0 unspecified atom stereocenters. The molecular formula is C15H12F3N3O2S. The first-order chi connectivity index (χ1) is 11.2. The number of hydrogen-bond donors (Lipinski definition) is 1. The fourth-order valence-electron chi connectivity index (χ4n) is 2.41. The molecule has 0 fully saturated rings. The van der Waals surface area contributed by atoms with E-state index in [-0.39, 0.29) is 23.1 Å². The fourth-order valence-corrected chi connectivity index (χ4v) is 3.37. The van der Waals surface area contributed by atoms with Gasteiger partial charge in [-0.1, -0.05) is 30.3 Å². The molecule has 0 saturated carbocycles. The van der Waals surface area contributed by atoms with E-state index >= 15 is 0 Å². The number of nitrogens with zero attached hydrogens (tertiary/aromatic N) is 2. The normalized spacial score (nSPS) is 12.6. The number of nitrogens with two attached hydrogens (primary N) is 1. The monoisotopic (exact) mass is 355 g/mol. The number of hydrogen-bond acceptors (Lipinski definition) is 4. The molecule has 0 saturated heterocycles. The van der Waals surface area contributed by atoms with E-state index in [0.717, 1.165) is 17.7 Å². The van der Waals surface area contributed by atoms with Crippen molar-refractivity contribution in [3.05, 3.63) is 54.2 Å². The van der Waals surface area contributed by atoms with Crippen molar-refractivity contribution in [1.82, 2.24) is 9.78 Å². The standard InChI is InChI=1S/C15H12F3N3O2S/c16-15(17,18)24(22,23)13-7-6-12(19)11-8-20-21(14(11)13)9-10-4-2-1-3-5-10/h1-8H,9,19H2. The van der Waals surface area contributed by atoms with Crippen LogP contribution in [0.3, 0.4) is 0 Å². The molecule has 5 nitrogen and oxygen atoms in total. The van der Waals surface area contributed by atoms with Crippen LogP contribution >= 0.6 is 0 Å². The molecule has 0 aliphatic carbocycles. The minimum Gasteiger partial charge on any atom is -0.398 e. The third-order valence-corrected chi connectivity index (χ3v) is 5.09. The molecule has 1 heterocycles. The van der Waals surface area contributed by atoms with Crippen LogP contribution in [0.1, 0.15) is 5.56 Å². The van der Waals surface area contributed by atoms with Crippen LogP contribution in [-0.2, 0) is 16.4 Å². The number of anilines is 1. The maximum absolute atomic E-state index is 13.0. The first-order valence-corrected chi connectivity index (χ1v) is 8.29. The first kappa shape index (κ1) is 16.3. The summed E-state index contributed by atoms with van der Waals surface area (Å²) < 4.78 is 63.8. The van der Waals surface area contributed by atoms with Gasteiger partial charge in [0.1, 0.15) is 4.90 Å². The Bertz CT molecular complexity index is 996. The SMILES string of the molecule is Nc1ccc(S(=O)(=O)C(F)(F)F)c2c1cnn2Cc1ccccc1. The van der Waals surface area contributed by atoms with Crippen LogP contribution in [0.4, 0.5) is 18.9 Å². The third kappa shape index (κ3) is 2.60. The Labute approximate surface area is 135 Å². The molecule has 0 bridgehead atoms. The number of sulfone groups is 1. The van der Waals surface area contributed by atoms with E-state index in [0.29, 0.717) is 0 Å². The number of aromatic nitrogens is 2. The van der Waals surface area contributed by atoms with E-state index in [1.165, 1.54) is 10.9 Å². The smallest absolute Gasteiger partial charge is 0.398 e. The summed E-state index contributed by atoms with van der Waals surface area (Å²) in [6, 6.07) is 10.8. The van der Waals surface area contributed by atoms with Gasteiger partial charge in [-0.2, -0.15) is 18.3 Å². The number of benzene rings is 2. The quantitative estimate of drug-likeness (QED) is 0.733. The molecular weight excluding hydrogens is 343 g/mol.